The molecular weight excluding hydrogens is 301 g/mol. The fraction of sp³-hybridized carbons (Fsp3) is 0.353. The van der Waals surface area contributed by atoms with E-state index in [1.54, 1.807) is 25.1 Å². The van der Waals surface area contributed by atoms with Crippen molar-refractivity contribution in [2.75, 3.05) is 6.54 Å². The van der Waals surface area contributed by atoms with Crippen LogP contribution < -0.4 is 0 Å². The first-order valence-electron chi connectivity index (χ1n) is 7.44. The van der Waals surface area contributed by atoms with Gasteiger partial charge in [-0.3, -0.25) is 4.79 Å². The fourth-order valence-corrected chi connectivity index (χ4v) is 3.04. The highest BCUT2D eigenvalue weighted by atomic mass is 19.1. The number of β-amino-alcohol motifs (C(OH)–C–C–N with tert-alkyl or cyclic N) is 1. The van der Waals surface area contributed by atoms with Crippen molar-refractivity contribution < 1.29 is 23.8 Å². The summed E-state index contributed by atoms with van der Waals surface area (Å²) >= 11 is 0. The van der Waals surface area contributed by atoms with Crippen LogP contribution in [-0.2, 0) is 6.61 Å². The summed E-state index contributed by atoms with van der Waals surface area (Å²) in [6.45, 7) is 1.60. The Labute approximate surface area is 133 Å². The summed E-state index contributed by atoms with van der Waals surface area (Å²) in [7, 11) is 0. The lowest BCUT2D eigenvalue weighted by Gasteiger charge is -2.24. The summed E-state index contributed by atoms with van der Waals surface area (Å²) < 4.78 is 18.9. The van der Waals surface area contributed by atoms with Gasteiger partial charge in [-0.05, 0) is 37.1 Å². The molecular formula is C17H18FNO4. The molecule has 0 bridgehead atoms. The zero-order chi connectivity index (χ0) is 16.6. The summed E-state index contributed by atoms with van der Waals surface area (Å²) in [6, 6.07) is 7.23. The third kappa shape index (κ3) is 3.00. The van der Waals surface area contributed by atoms with Crippen LogP contribution in [0, 0.1) is 12.7 Å². The Morgan fingerprint density at radius 3 is 2.87 bits per heavy atom. The maximum atomic E-state index is 13.5. The van der Waals surface area contributed by atoms with E-state index in [2.05, 4.69) is 0 Å². The molecule has 1 aliphatic rings. The van der Waals surface area contributed by atoms with Crippen LogP contribution in [0.4, 0.5) is 4.39 Å². The molecule has 1 saturated heterocycles. The maximum absolute atomic E-state index is 13.5. The number of amides is 1. The van der Waals surface area contributed by atoms with Gasteiger partial charge in [0.25, 0.3) is 5.91 Å². The Morgan fingerprint density at radius 2 is 2.22 bits per heavy atom. The van der Waals surface area contributed by atoms with Gasteiger partial charge in [-0.25, -0.2) is 4.39 Å². The first kappa shape index (κ1) is 15.7. The Kier molecular flexibility index (Phi) is 4.19. The van der Waals surface area contributed by atoms with E-state index in [9.17, 15) is 14.3 Å². The number of likely N-dealkylation sites (tertiary alicyclic amines) is 1. The second kappa shape index (κ2) is 6.14. The van der Waals surface area contributed by atoms with Crippen LogP contribution in [0.1, 0.15) is 39.9 Å². The van der Waals surface area contributed by atoms with Crippen molar-refractivity contribution in [2.24, 2.45) is 0 Å². The molecule has 0 unspecified atom stereocenters. The van der Waals surface area contributed by atoms with E-state index in [4.69, 9.17) is 9.52 Å². The number of aliphatic hydroxyl groups excluding tert-OH is 2. The number of nitrogens with zero attached hydrogens (tertiary/aromatic N) is 1. The lowest BCUT2D eigenvalue weighted by Crippen LogP contribution is -2.32. The quantitative estimate of drug-likeness (QED) is 0.909. The molecule has 0 aliphatic carbocycles. The molecule has 2 atom stereocenters. The monoisotopic (exact) mass is 319 g/mol. The largest absolute Gasteiger partial charge is 0.453 e. The SMILES string of the molecule is Cc1cc(CO)oc1C(=O)N1C[C@@H](O)C[C@@H]1c1cccc(F)c1. The van der Waals surface area contributed by atoms with Crippen molar-refractivity contribution in [3.05, 3.63) is 58.8 Å². The molecule has 2 heterocycles. The van der Waals surface area contributed by atoms with Crippen molar-refractivity contribution >= 4 is 5.91 Å². The Morgan fingerprint density at radius 1 is 1.43 bits per heavy atom. The van der Waals surface area contributed by atoms with Crippen molar-refractivity contribution in [1.29, 1.82) is 0 Å². The number of benzene rings is 1. The second-order valence-corrected chi connectivity index (χ2v) is 5.80. The topological polar surface area (TPSA) is 73.9 Å². The number of carbonyl (C=O) groups excluding carboxylic acids is 1. The van der Waals surface area contributed by atoms with E-state index >= 15 is 0 Å². The zero-order valence-electron chi connectivity index (χ0n) is 12.7. The van der Waals surface area contributed by atoms with E-state index in [1.165, 1.54) is 17.0 Å². The zero-order valence-corrected chi connectivity index (χ0v) is 12.7. The van der Waals surface area contributed by atoms with Crippen LogP contribution in [0.25, 0.3) is 0 Å². The number of carbonyl (C=O) groups is 1. The average molecular weight is 319 g/mol. The summed E-state index contributed by atoms with van der Waals surface area (Å²) in [4.78, 5) is 14.2. The molecule has 5 nitrogen and oxygen atoms in total. The second-order valence-electron chi connectivity index (χ2n) is 5.80. The molecule has 23 heavy (non-hydrogen) atoms. The van der Waals surface area contributed by atoms with Crippen LogP contribution in [0.5, 0.6) is 0 Å². The summed E-state index contributed by atoms with van der Waals surface area (Å²) in [5, 5.41) is 19.1. The van der Waals surface area contributed by atoms with Gasteiger partial charge in [-0.2, -0.15) is 0 Å². The van der Waals surface area contributed by atoms with Gasteiger partial charge in [0.2, 0.25) is 0 Å². The smallest absolute Gasteiger partial charge is 0.290 e. The molecule has 6 heteroatoms. The normalized spacial score (nSPS) is 21.0. The minimum absolute atomic E-state index is 0.143. The van der Waals surface area contributed by atoms with Crippen LogP contribution >= 0.6 is 0 Å². The Bertz CT molecular complexity index is 727. The number of aryl methyl sites for hydroxylation is 1. The minimum atomic E-state index is -0.667. The number of hydrogen-bond acceptors (Lipinski definition) is 4. The molecule has 2 N–H and O–H groups in total. The molecule has 1 aliphatic heterocycles. The minimum Gasteiger partial charge on any atom is -0.453 e. The Balaban J connectivity index is 1.92. The summed E-state index contributed by atoms with van der Waals surface area (Å²) in [6.07, 6.45) is -0.318. The summed E-state index contributed by atoms with van der Waals surface area (Å²) in [5.74, 6) is -0.293. The Hall–Kier alpha value is -2.18. The van der Waals surface area contributed by atoms with E-state index < -0.39 is 12.1 Å². The van der Waals surface area contributed by atoms with Gasteiger partial charge in [-0.15, -0.1) is 0 Å². The third-order valence-electron chi connectivity index (χ3n) is 4.09. The van der Waals surface area contributed by atoms with Gasteiger partial charge in [0.1, 0.15) is 18.2 Å². The van der Waals surface area contributed by atoms with E-state index in [0.717, 1.165) is 0 Å². The van der Waals surface area contributed by atoms with Gasteiger partial charge >= 0.3 is 0 Å². The number of hydrogen-bond donors (Lipinski definition) is 2. The molecule has 0 spiro atoms. The summed E-state index contributed by atoms with van der Waals surface area (Å²) in [5.41, 5.74) is 1.26. The van der Waals surface area contributed by atoms with E-state index in [0.29, 0.717) is 23.3 Å². The first-order chi connectivity index (χ1) is 11.0. The molecule has 2 aromatic rings. The first-order valence-corrected chi connectivity index (χ1v) is 7.44. The highest BCUT2D eigenvalue weighted by Crippen LogP contribution is 2.34. The average Bonchev–Trinajstić information content (AvgIpc) is 3.09. The third-order valence-corrected chi connectivity index (χ3v) is 4.09. The van der Waals surface area contributed by atoms with Crippen LogP contribution in [0.3, 0.4) is 0 Å². The predicted molar refractivity (Wildman–Crippen MR) is 80.2 cm³/mol. The number of rotatable bonds is 3. The molecule has 1 aromatic heterocycles. The van der Waals surface area contributed by atoms with Gasteiger partial charge in [0.15, 0.2) is 5.76 Å². The lowest BCUT2D eigenvalue weighted by atomic mass is 10.0. The number of furan rings is 1. The van der Waals surface area contributed by atoms with E-state index in [-0.39, 0.29) is 30.6 Å². The highest BCUT2D eigenvalue weighted by Gasteiger charge is 2.37. The molecule has 0 radical (unpaired) electrons. The van der Waals surface area contributed by atoms with Crippen LogP contribution in [0.15, 0.2) is 34.7 Å². The van der Waals surface area contributed by atoms with Gasteiger partial charge in [0.05, 0.1) is 12.1 Å². The molecule has 1 amide bonds. The van der Waals surface area contributed by atoms with Crippen LogP contribution in [-0.4, -0.2) is 33.7 Å². The van der Waals surface area contributed by atoms with Crippen LogP contribution in [0.2, 0.25) is 0 Å². The van der Waals surface area contributed by atoms with E-state index in [1.807, 2.05) is 0 Å². The standard InChI is InChI=1S/C17H18FNO4/c1-10-5-14(9-20)23-16(10)17(22)19-8-13(21)7-15(19)11-3-2-4-12(18)6-11/h2-6,13,15,20-21H,7-9H2,1H3/t13-,15+/m0/s1. The van der Waals surface area contributed by atoms with Gasteiger partial charge < -0.3 is 19.5 Å². The van der Waals surface area contributed by atoms with Gasteiger partial charge in [0, 0.05) is 12.1 Å². The molecule has 1 aromatic carbocycles. The molecule has 3 rings (SSSR count). The maximum Gasteiger partial charge on any atom is 0.290 e. The van der Waals surface area contributed by atoms with Crippen molar-refractivity contribution in [3.8, 4) is 0 Å². The predicted octanol–water partition coefficient (Wildman–Crippen LogP) is 2.17. The highest BCUT2D eigenvalue weighted by molar-refractivity contribution is 5.93. The molecule has 122 valence electrons. The number of aliphatic hydroxyl groups is 2. The molecule has 1 fully saturated rings. The lowest BCUT2D eigenvalue weighted by molar-refractivity contribution is 0.0678. The van der Waals surface area contributed by atoms with Gasteiger partial charge in [-0.1, -0.05) is 12.1 Å². The fourth-order valence-electron chi connectivity index (χ4n) is 3.04. The van der Waals surface area contributed by atoms with Crippen molar-refractivity contribution in [1.82, 2.24) is 4.90 Å². The number of halogens is 1. The molecule has 0 saturated carbocycles. The van der Waals surface area contributed by atoms with Crippen molar-refractivity contribution in [2.45, 2.75) is 32.1 Å². The van der Waals surface area contributed by atoms with Crippen molar-refractivity contribution in [3.63, 3.8) is 0 Å².